The minimum atomic E-state index is 0.392. The van der Waals surface area contributed by atoms with Gasteiger partial charge >= 0.3 is 0 Å². The molecule has 2 atom stereocenters. The highest BCUT2D eigenvalue weighted by Crippen LogP contribution is 2.22. The highest BCUT2D eigenvalue weighted by atomic mass is 16.5. The Morgan fingerprint density at radius 2 is 2.18 bits per heavy atom. The number of allylic oxidation sites excluding steroid dienone is 1. The Balaban J connectivity index is 2.30. The average Bonchev–Trinajstić information content (AvgIpc) is 2.07. The summed E-state index contributed by atoms with van der Waals surface area (Å²) in [5.74, 6) is 0.825. The number of hydrogen-bond donors (Lipinski definition) is 0. The van der Waals surface area contributed by atoms with Gasteiger partial charge in [-0.05, 0) is 25.2 Å². The van der Waals surface area contributed by atoms with Crippen molar-refractivity contribution in [1.82, 2.24) is 0 Å². The molecular weight excluding hydrogens is 136 g/mol. The maximum absolute atomic E-state index is 5.23. The molecule has 0 heterocycles. The van der Waals surface area contributed by atoms with Crippen molar-refractivity contribution >= 4 is 0 Å². The summed E-state index contributed by atoms with van der Waals surface area (Å²) in [6, 6.07) is 0. The lowest BCUT2D eigenvalue weighted by molar-refractivity contribution is 0.122. The van der Waals surface area contributed by atoms with Gasteiger partial charge in [0.15, 0.2) is 0 Å². The van der Waals surface area contributed by atoms with Gasteiger partial charge in [-0.3, -0.25) is 0 Å². The van der Waals surface area contributed by atoms with Crippen molar-refractivity contribution in [3.8, 4) is 0 Å². The van der Waals surface area contributed by atoms with Gasteiger partial charge < -0.3 is 4.74 Å². The second-order valence-electron chi connectivity index (χ2n) is 3.29. The lowest BCUT2D eigenvalue weighted by Crippen LogP contribution is -2.14. The van der Waals surface area contributed by atoms with Crippen LogP contribution < -0.4 is 0 Å². The summed E-state index contributed by atoms with van der Waals surface area (Å²) in [4.78, 5) is 0. The van der Waals surface area contributed by atoms with Crippen LogP contribution >= 0.6 is 0 Å². The third-order valence-corrected chi connectivity index (χ3v) is 2.38. The van der Waals surface area contributed by atoms with Crippen molar-refractivity contribution < 1.29 is 4.74 Å². The normalized spacial score (nSPS) is 30.7. The monoisotopic (exact) mass is 154 g/mol. The Morgan fingerprint density at radius 3 is 2.64 bits per heavy atom. The minimum absolute atomic E-state index is 0.392. The average molecular weight is 154 g/mol. The molecule has 1 rings (SSSR count). The molecule has 0 bridgehead atoms. The Labute approximate surface area is 69.4 Å². The van der Waals surface area contributed by atoms with Gasteiger partial charge in [0.1, 0.15) is 0 Å². The van der Waals surface area contributed by atoms with Gasteiger partial charge in [-0.1, -0.05) is 25.5 Å². The zero-order valence-corrected chi connectivity index (χ0v) is 7.55. The van der Waals surface area contributed by atoms with E-state index in [1.165, 1.54) is 25.7 Å². The van der Waals surface area contributed by atoms with Gasteiger partial charge in [0, 0.05) is 7.11 Å². The first-order chi connectivity index (χ1) is 5.36. The van der Waals surface area contributed by atoms with Crippen LogP contribution in [0, 0.1) is 5.92 Å². The number of hydrogen-bond acceptors (Lipinski definition) is 1. The highest BCUT2D eigenvalue weighted by Gasteiger charge is 2.13. The third kappa shape index (κ3) is 2.66. The molecule has 1 heteroatoms. The van der Waals surface area contributed by atoms with Crippen molar-refractivity contribution in [2.75, 3.05) is 7.11 Å². The van der Waals surface area contributed by atoms with Gasteiger partial charge in [0.05, 0.1) is 6.10 Å². The number of methoxy groups -OCH3 is 1. The molecule has 0 saturated carbocycles. The molecule has 11 heavy (non-hydrogen) atoms. The van der Waals surface area contributed by atoms with Gasteiger partial charge in [-0.25, -0.2) is 0 Å². The molecule has 0 radical (unpaired) electrons. The van der Waals surface area contributed by atoms with Crippen LogP contribution in [0.2, 0.25) is 0 Å². The van der Waals surface area contributed by atoms with E-state index >= 15 is 0 Å². The van der Waals surface area contributed by atoms with E-state index < -0.39 is 0 Å². The fourth-order valence-corrected chi connectivity index (χ4v) is 1.66. The topological polar surface area (TPSA) is 9.23 Å². The van der Waals surface area contributed by atoms with Crippen molar-refractivity contribution in [2.24, 2.45) is 5.92 Å². The van der Waals surface area contributed by atoms with Crippen LogP contribution in [0.25, 0.3) is 0 Å². The zero-order valence-electron chi connectivity index (χ0n) is 7.55. The van der Waals surface area contributed by atoms with Gasteiger partial charge in [0.25, 0.3) is 0 Å². The number of rotatable bonds is 3. The Kier molecular flexibility index (Phi) is 3.64. The molecule has 1 aliphatic rings. The van der Waals surface area contributed by atoms with Gasteiger partial charge in [-0.15, -0.1) is 0 Å². The van der Waals surface area contributed by atoms with Crippen LogP contribution in [0.5, 0.6) is 0 Å². The fraction of sp³-hybridized carbons (Fsp3) is 0.800. The second kappa shape index (κ2) is 4.55. The fourth-order valence-electron chi connectivity index (χ4n) is 1.66. The summed E-state index contributed by atoms with van der Waals surface area (Å²) in [6.45, 7) is 2.25. The van der Waals surface area contributed by atoms with E-state index in [1.54, 1.807) is 7.11 Å². The third-order valence-electron chi connectivity index (χ3n) is 2.38. The molecule has 0 N–H and O–H groups in total. The molecule has 1 nitrogen and oxygen atoms in total. The van der Waals surface area contributed by atoms with Crippen molar-refractivity contribution in [3.05, 3.63) is 12.2 Å². The molecule has 0 spiro atoms. The summed E-state index contributed by atoms with van der Waals surface area (Å²) >= 11 is 0. The van der Waals surface area contributed by atoms with Crippen LogP contribution in [-0.4, -0.2) is 13.2 Å². The molecule has 0 saturated heterocycles. The first kappa shape index (κ1) is 8.79. The summed E-state index contributed by atoms with van der Waals surface area (Å²) < 4.78 is 5.23. The lowest BCUT2D eigenvalue weighted by Gasteiger charge is -2.21. The molecule has 1 aliphatic carbocycles. The Morgan fingerprint density at radius 1 is 1.36 bits per heavy atom. The maximum Gasteiger partial charge on any atom is 0.0752 e. The summed E-state index contributed by atoms with van der Waals surface area (Å²) in [5.41, 5.74) is 0. The van der Waals surface area contributed by atoms with E-state index in [2.05, 4.69) is 19.1 Å². The number of ether oxygens (including phenoxy) is 1. The van der Waals surface area contributed by atoms with Crippen LogP contribution in [0.1, 0.15) is 32.6 Å². The molecule has 0 aliphatic heterocycles. The van der Waals surface area contributed by atoms with E-state index in [4.69, 9.17) is 4.74 Å². The predicted molar refractivity (Wildman–Crippen MR) is 47.6 cm³/mol. The smallest absolute Gasteiger partial charge is 0.0752 e. The first-order valence-electron chi connectivity index (χ1n) is 4.58. The van der Waals surface area contributed by atoms with Crippen LogP contribution in [0.15, 0.2) is 12.2 Å². The van der Waals surface area contributed by atoms with E-state index in [0.29, 0.717) is 6.10 Å². The molecular formula is C10H18O. The molecule has 0 amide bonds. The maximum atomic E-state index is 5.23. The SMILES string of the molecule is CCC[C@@H]1C=C[C@@H](OC)CC1. The van der Waals surface area contributed by atoms with Crippen molar-refractivity contribution in [1.29, 1.82) is 0 Å². The first-order valence-corrected chi connectivity index (χ1v) is 4.58. The molecule has 0 aromatic heterocycles. The summed E-state index contributed by atoms with van der Waals surface area (Å²) in [5, 5.41) is 0. The summed E-state index contributed by atoms with van der Waals surface area (Å²) in [6.07, 6.45) is 10.1. The minimum Gasteiger partial charge on any atom is -0.377 e. The predicted octanol–water partition coefficient (Wildman–Crippen LogP) is 2.77. The molecule has 0 fully saturated rings. The second-order valence-corrected chi connectivity index (χ2v) is 3.29. The van der Waals surface area contributed by atoms with Crippen LogP contribution in [-0.2, 0) is 4.74 Å². The standard InChI is InChI=1S/C10H18O/c1-3-4-9-5-7-10(11-2)8-6-9/h5,7,9-10H,3-4,6,8H2,1-2H3/t9-,10-/m1/s1. The summed E-state index contributed by atoms with van der Waals surface area (Å²) in [7, 11) is 1.79. The molecule has 0 aromatic rings. The highest BCUT2D eigenvalue weighted by molar-refractivity contribution is 4.98. The largest absolute Gasteiger partial charge is 0.377 e. The Hall–Kier alpha value is -0.300. The van der Waals surface area contributed by atoms with Crippen molar-refractivity contribution in [2.45, 2.75) is 38.7 Å². The van der Waals surface area contributed by atoms with E-state index in [9.17, 15) is 0 Å². The molecule has 64 valence electrons. The van der Waals surface area contributed by atoms with E-state index in [1.807, 2.05) is 0 Å². The van der Waals surface area contributed by atoms with Gasteiger partial charge in [-0.2, -0.15) is 0 Å². The van der Waals surface area contributed by atoms with E-state index in [-0.39, 0.29) is 0 Å². The van der Waals surface area contributed by atoms with Gasteiger partial charge in [0.2, 0.25) is 0 Å². The van der Waals surface area contributed by atoms with Crippen LogP contribution in [0.3, 0.4) is 0 Å². The zero-order chi connectivity index (χ0) is 8.10. The quantitative estimate of drug-likeness (QED) is 0.568. The van der Waals surface area contributed by atoms with E-state index in [0.717, 1.165) is 5.92 Å². The molecule has 0 aromatic carbocycles. The Bertz CT molecular complexity index is 129. The lowest BCUT2D eigenvalue weighted by atomic mass is 9.91. The van der Waals surface area contributed by atoms with Crippen LogP contribution in [0.4, 0.5) is 0 Å². The molecule has 0 unspecified atom stereocenters. The van der Waals surface area contributed by atoms with Crippen molar-refractivity contribution in [3.63, 3.8) is 0 Å².